The first-order chi connectivity index (χ1) is 8.04. The summed E-state index contributed by atoms with van der Waals surface area (Å²) in [6.07, 6.45) is 0.158. The highest BCUT2D eigenvalue weighted by Gasteiger charge is 2.33. The van der Waals surface area contributed by atoms with Crippen molar-refractivity contribution in [3.8, 4) is 0 Å². The Balaban J connectivity index is 2.43. The summed E-state index contributed by atoms with van der Waals surface area (Å²) in [5, 5.41) is 5.99. The summed E-state index contributed by atoms with van der Waals surface area (Å²) in [7, 11) is 0. The molecule has 6 heteroatoms. The molecule has 4 N–H and O–H groups in total. The van der Waals surface area contributed by atoms with Crippen LogP contribution in [-0.4, -0.2) is 43.7 Å². The lowest BCUT2D eigenvalue weighted by atomic mass is 10.0. The van der Waals surface area contributed by atoms with Gasteiger partial charge in [-0.15, -0.1) is 0 Å². The second-order valence-corrected chi connectivity index (χ2v) is 4.39. The van der Waals surface area contributed by atoms with Gasteiger partial charge in [0.2, 0.25) is 11.8 Å². The highest BCUT2D eigenvalue weighted by Crippen LogP contribution is 2.14. The van der Waals surface area contributed by atoms with E-state index in [0.717, 1.165) is 6.54 Å². The lowest BCUT2D eigenvalue weighted by Crippen LogP contribution is -2.46. The van der Waals surface area contributed by atoms with E-state index in [2.05, 4.69) is 10.6 Å². The van der Waals surface area contributed by atoms with Gasteiger partial charge in [-0.1, -0.05) is 6.92 Å². The maximum absolute atomic E-state index is 11.9. The summed E-state index contributed by atoms with van der Waals surface area (Å²) < 4.78 is 5.29. The van der Waals surface area contributed by atoms with Gasteiger partial charge in [-0.3, -0.25) is 9.59 Å². The molecule has 0 saturated carbocycles. The van der Waals surface area contributed by atoms with Gasteiger partial charge in [0.25, 0.3) is 0 Å². The molecule has 1 aliphatic heterocycles. The summed E-state index contributed by atoms with van der Waals surface area (Å²) in [4.78, 5) is 22.7. The molecule has 17 heavy (non-hydrogen) atoms. The van der Waals surface area contributed by atoms with Crippen molar-refractivity contribution in [1.82, 2.24) is 10.6 Å². The summed E-state index contributed by atoms with van der Waals surface area (Å²) in [5.74, 6) is -0.684. The first-order valence-corrected chi connectivity index (χ1v) is 5.94. The Hall–Kier alpha value is -1.14. The predicted molar refractivity (Wildman–Crippen MR) is 63.2 cm³/mol. The van der Waals surface area contributed by atoms with Crippen LogP contribution in [0.1, 0.15) is 20.3 Å². The van der Waals surface area contributed by atoms with E-state index >= 15 is 0 Å². The van der Waals surface area contributed by atoms with Gasteiger partial charge in [-0.2, -0.15) is 0 Å². The van der Waals surface area contributed by atoms with Gasteiger partial charge >= 0.3 is 0 Å². The zero-order valence-electron chi connectivity index (χ0n) is 10.4. The van der Waals surface area contributed by atoms with Crippen LogP contribution in [0.3, 0.4) is 0 Å². The fraction of sp³-hybridized carbons (Fsp3) is 0.818. The molecule has 3 unspecified atom stereocenters. The topological polar surface area (TPSA) is 93.4 Å². The van der Waals surface area contributed by atoms with Crippen LogP contribution in [0.2, 0.25) is 0 Å². The number of likely N-dealkylation sites (N-methyl/N-ethyl adjacent to an activating group) is 1. The molecule has 0 aromatic rings. The van der Waals surface area contributed by atoms with E-state index in [-0.39, 0.29) is 30.3 Å². The van der Waals surface area contributed by atoms with Gasteiger partial charge in [0.1, 0.15) is 0 Å². The number of rotatable bonds is 6. The first-order valence-electron chi connectivity index (χ1n) is 5.94. The Morgan fingerprint density at radius 2 is 2.18 bits per heavy atom. The van der Waals surface area contributed by atoms with Gasteiger partial charge in [0.05, 0.1) is 19.1 Å². The molecule has 2 amide bonds. The van der Waals surface area contributed by atoms with Gasteiger partial charge in [0.15, 0.2) is 0 Å². The van der Waals surface area contributed by atoms with E-state index in [0.29, 0.717) is 13.2 Å². The molecule has 0 radical (unpaired) electrons. The van der Waals surface area contributed by atoms with Crippen LogP contribution in [0.4, 0.5) is 0 Å². The fourth-order valence-corrected chi connectivity index (χ4v) is 1.98. The van der Waals surface area contributed by atoms with Crippen molar-refractivity contribution in [1.29, 1.82) is 0 Å². The largest absolute Gasteiger partial charge is 0.379 e. The van der Waals surface area contributed by atoms with E-state index in [9.17, 15) is 9.59 Å². The van der Waals surface area contributed by atoms with Crippen LogP contribution in [-0.2, 0) is 14.3 Å². The van der Waals surface area contributed by atoms with Crippen LogP contribution >= 0.6 is 0 Å². The van der Waals surface area contributed by atoms with Crippen molar-refractivity contribution in [2.24, 2.45) is 11.7 Å². The van der Waals surface area contributed by atoms with Crippen molar-refractivity contribution >= 4 is 11.8 Å². The number of primary amides is 1. The SMILES string of the molecule is CCNC1COCC1C(=O)NC(C)CC(N)=O. The molecule has 0 aromatic carbocycles. The zero-order chi connectivity index (χ0) is 12.8. The van der Waals surface area contributed by atoms with Crippen LogP contribution in [0.25, 0.3) is 0 Å². The summed E-state index contributed by atoms with van der Waals surface area (Å²) >= 11 is 0. The number of nitrogens with two attached hydrogens (primary N) is 1. The normalized spacial score (nSPS) is 25.5. The zero-order valence-corrected chi connectivity index (χ0v) is 10.4. The van der Waals surface area contributed by atoms with Crippen molar-refractivity contribution < 1.29 is 14.3 Å². The van der Waals surface area contributed by atoms with Crippen molar-refractivity contribution in [2.45, 2.75) is 32.4 Å². The van der Waals surface area contributed by atoms with E-state index in [4.69, 9.17) is 10.5 Å². The van der Waals surface area contributed by atoms with Crippen molar-refractivity contribution in [2.75, 3.05) is 19.8 Å². The fourth-order valence-electron chi connectivity index (χ4n) is 1.98. The smallest absolute Gasteiger partial charge is 0.227 e. The number of hydrogen-bond donors (Lipinski definition) is 3. The molecule has 0 spiro atoms. The number of hydrogen-bond acceptors (Lipinski definition) is 4. The molecule has 0 aliphatic carbocycles. The van der Waals surface area contributed by atoms with Gasteiger partial charge < -0.3 is 21.1 Å². The molecule has 0 bridgehead atoms. The second kappa shape index (κ2) is 6.56. The Morgan fingerprint density at radius 1 is 1.47 bits per heavy atom. The van der Waals surface area contributed by atoms with Crippen molar-refractivity contribution in [3.05, 3.63) is 0 Å². The number of carbonyl (C=O) groups is 2. The average Bonchev–Trinajstić information content (AvgIpc) is 2.64. The Kier molecular flexibility index (Phi) is 5.37. The Labute approximate surface area is 101 Å². The minimum absolute atomic E-state index is 0.0563. The maximum atomic E-state index is 11.9. The summed E-state index contributed by atoms with van der Waals surface area (Å²) in [6.45, 7) is 5.53. The van der Waals surface area contributed by atoms with Crippen LogP contribution in [0.15, 0.2) is 0 Å². The van der Waals surface area contributed by atoms with Crippen LogP contribution in [0.5, 0.6) is 0 Å². The number of amides is 2. The molecule has 0 aromatic heterocycles. The molecule has 1 rings (SSSR count). The van der Waals surface area contributed by atoms with Crippen LogP contribution < -0.4 is 16.4 Å². The van der Waals surface area contributed by atoms with E-state index in [1.54, 1.807) is 6.92 Å². The molecule has 1 heterocycles. The number of carbonyl (C=O) groups excluding carboxylic acids is 2. The maximum Gasteiger partial charge on any atom is 0.227 e. The Bertz CT molecular complexity index is 283. The minimum Gasteiger partial charge on any atom is -0.379 e. The molecule has 1 fully saturated rings. The second-order valence-electron chi connectivity index (χ2n) is 4.39. The molecular formula is C11H21N3O3. The monoisotopic (exact) mass is 243 g/mol. The van der Waals surface area contributed by atoms with Crippen molar-refractivity contribution in [3.63, 3.8) is 0 Å². The highest BCUT2D eigenvalue weighted by molar-refractivity contribution is 5.81. The summed E-state index contributed by atoms with van der Waals surface area (Å²) in [6, 6.07) is -0.177. The molecule has 1 saturated heterocycles. The molecular weight excluding hydrogens is 222 g/mol. The van der Waals surface area contributed by atoms with Gasteiger partial charge in [-0.25, -0.2) is 0 Å². The van der Waals surface area contributed by atoms with E-state index < -0.39 is 5.91 Å². The first kappa shape index (κ1) is 13.9. The van der Waals surface area contributed by atoms with E-state index in [1.807, 2.05) is 6.92 Å². The quantitative estimate of drug-likeness (QED) is 0.557. The van der Waals surface area contributed by atoms with Gasteiger partial charge in [0, 0.05) is 18.5 Å². The predicted octanol–water partition coefficient (Wildman–Crippen LogP) is -1.01. The lowest BCUT2D eigenvalue weighted by molar-refractivity contribution is -0.126. The molecule has 98 valence electrons. The minimum atomic E-state index is -0.413. The third-order valence-electron chi connectivity index (χ3n) is 2.78. The highest BCUT2D eigenvalue weighted by atomic mass is 16.5. The number of nitrogens with one attached hydrogen (secondary N) is 2. The Morgan fingerprint density at radius 3 is 2.76 bits per heavy atom. The van der Waals surface area contributed by atoms with Gasteiger partial charge in [-0.05, 0) is 13.5 Å². The molecule has 6 nitrogen and oxygen atoms in total. The third kappa shape index (κ3) is 4.32. The average molecular weight is 243 g/mol. The van der Waals surface area contributed by atoms with Crippen LogP contribution in [0, 0.1) is 5.92 Å². The molecule has 3 atom stereocenters. The summed E-state index contributed by atoms with van der Waals surface area (Å²) in [5.41, 5.74) is 5.07. The number of ether oxygens (including phenoxy) is 1. The lowest BCUT2D eigenvalue weighted by Gasteiger charge is -2.20. The van der Waals surface area contributed by atoms with E-state index in [1.165, 1.54) is 0 Å². The third-order valence-corrected chi connectivity index (χ3v) is 2.78. The molecule has 1 aliphatic rings. The standard InChI is InChI=1S/C11H21N3O3/c1-3-13-9-6-17-5-8(9)11(16)14-7(2)4-10(12)15/h7-9,13H,3-6H2,1-2H3,(H2,12,15)(H,14,16).